The van der Waals surface area contributed by atoms with Gasteiger partial charge in [0.25, 0.3) is 5.91 Å². The van der Waals surface area contributed by atoms with Gasteiger partial charge in [-0.05, 0) is 36.4 Å². The van der Waals surface area contributed by atoms with Crippen molar-refractivity contribution in [1.82, 2.24) is 5.43 Å². The smallest absolute Gasteiger partial charge is 0.274 e. The number of carbonyl (C=O) groups excluding carboxylic acids is 1. The molecule has 7 heteroatoms. The molecule has 0 atom stereocenters. The van der Waals surface area contributed by atoms with E-state index in [1.54, 1.807) is 12.1 Å². The molecular formula is C14H9BrClFN2O2. The number of hydrazone groups is 1. The summed E-state index contributed by atoms with van der Waals surface area (Å²) >= 11 is 8.85. The highest BCUT2D eigenvalue weighted by atomic mass is 79.9. The van der Waals surface area contributed by atoms with Crippen LogP contribution in [0.5, 0.6) is 5.75 Å². The highest BCUT2D eigenvalue weighted by Gasteiger charge is 2.11. The third-order valence-electron chi connectivity index (χ3n) is 2.54. The van der Waals surface area contributed by atoms with Crippen molar-refractivity contribution in [3.05, 3.63) is 62.8 Å². The molecule has 0 aliphatic carbocycles. The number of rotatable bonds is 3. The van der Waals surface area contributed by atoms with Crippen molar-refractivity contribution in [2.24, 2.45) is 5.10 Å². The van der Waals surface area contributed by atoms with E-state index in [-0.39, 0.29) is 16.3 Å². The molecule has 0 saturated heterocycles. The van der Waals surface area contributed by atoms with E-state index in [0.717, 1.165) is 10.5 Å². The molecule has 0 bridgehead atoms. The molecular weight excluding hydrogens is 363 g/mol. The van der Waals surface area contributed by atoms with Gasteiger partial charge in [-0.3, -0.25) is 4.79 Å². The van der Waals surface area contributed by atoms with Crippen molar-refractivity contribution in [3.63, 3.8) is 0 Å². The third-order valence-corrected chi connectivity index (χ3v) is 3.26. The van der Waals surface area contributed by atoms with Crippen LogP contribution in [0.25, 0.3) is 0 Å². The van der Waals surface area contributed by atoms with Crippen LogP contribution in [0.3, 0.4) is 0 Å². The zero-order chi connectivity index (χ0) is 15.4. The lowest BCUT2D eigenvalue weighted by Gasteiger charge is -2.02. The number of nitrogens with one attached hydrogen (secondary N) is 1. The summed E-state index contributed by atoms with van der Waals surface area (Å²) in [5.74, 6) is -1.44. The highest BCUT2D eigenvalue weighted by Crippen LogP contribution is 2.20. The first-order valence-corrected chi connectivity index (χ1v) is 6.91. The van der Waals surface area contributed by atoms with Crippen LogP contribution in [-0.4, -0.2) is 17.2 Å². The average molecular weight is 372 g/mol. The van der Waals surface area contributed by atoms with E-state index in [0.29, 0.717) is 5.56 Å². The fraction of sp³-hybridized carbons (Fsp3) is 0. The minimum absolute atomic E-state index is 0.00822. The van der Waals surface area contributed by atoms with Gasteiger partial charge < -0.3 is 5.11 Å². The standard InChI is InChI=1S/C14H9BrClFN2O2/c15-9-1-4-13(20)8(5-9)7-18-19-14(21)11-3-2-10(16)6-12(11)17/h1-7,20H,(H,19,21). The largest absolute Gasteiger partial charge is 0.507 e. The maximum absolute atomic E-state index is 13.5. The second-order valence-electron chi connectivity index (χ2n) is 4.03. The third kappa shape index (κ3) is 4.03. The molecule has 0 saturated carbocycles. The summed E-state index contributed by atoms with van der Waals surface area (Å²) in [7, 11) is 0. The Bertz CT molecular complexity index is 722. The molecule has 0 aromatic heterocycles. The van der Waals surface area contributed by atoms with Gasteiger partial charge in [0.1, 0.15) is 11.6 Å². The molecule has 0 aliphatic heterocycles. The molecule has 21 heavy (non-hydrogen) atoms. The maximum Gasteiger partial charge on any atom is 0.274 e. The van der Waals surface area contributed by atoms with E-state index in [2.05, 4.69) is 26.5 Å². The number of carbonyl (C=O) groups is 1. The van der Waals surface area contributed by atoms with Gasteiger partial charge in [0, 0.05) is 15.1 Å². The summed E-state index contributed by atoms with van der Waals surface area (Å²) in [6, 6.07) is 8.47. The van der Waals surface area contributed by atoms with Crippen LogP contribution in [0.2, 0.25) is 5.02 Å². The van der Waals surface area contributed by atoms with Crippen molar-refractivity contribution in [2.75, 3.05) is 0 Å². The Labute approximate surface area is 133 Å². The second kappa shape index (κ2) is 6.69. The zero-order valence-electron chi connectivity index (χ0n) is 10.5. The van der Waals surface area contributed by atoms with Crippen molar-refractivity contribution in [1.29, 1.82) is 0 Å². The van der Waals surface area contributed by atoms with Crippen molar-refractivity contribution >= 4 is 39.7 Å². The van der Waals surface area contributed by atoms with Gasteiger partial charge in [-0.2, -0.15) is 5.10 Å². The molecule has 0 spiro atoms. The first kappa shape index (κ1) is 15.5. The minimum Gasteiger partial charge on any atom is -0.507 e. The monoisotopic (exact) mass is 370 g/mol. The molecule has 2 aromatic rings. The molecule has 1 amide bonds. The van der Waals surface area contributed by atoms with Crippen LogP contribution < -0.4 is 5.43 Å². The number of nitrogens with zero attached hydrogens (tertiary/aromatic N) is 1. The topological polar surface area (TPSA) is 61.7 Å². The van der Waals surface area contributed by atoms with E-state index in [1.807, 2.05) is 0 Å². The van der Waals surface area contributed by atoms with Crippen LogP contribution in [0, 0.1) is 5.82 Å². The lowest BCUT2D eigenvalue weighted by molar-refractivity contribution is 0.0951. The molecule has 2 aromatic carbocycles. The second-order valence-corrected chi connectivity index (χ2v) is 5.38. The lowest BCUT2D eigenvalue weighted by atomic mass is 10.2. The molecule has 0 radical (unpaired) electrons. The van der Waals surface area contributed by atoms with Crippen molar-refractivity contribution in [3.8, 4) is 5.75 Å². The maximum atomic E-state index is 13.5. The number of aromatic hydroxyl groups is 1. The summed E-state index contributed by atoms with van der Waals surface area (Å²) in [6.45, 7) is 0. The predicted octanol–water partition coefficient (Wildman–Crippen LogP) is 3.71. The van der Waals surface area contributed by atoms with E-state index < -0.39 is 11.7 Å². The van der Waals surface area contributed by atoms with Gasteiger partial charge in [-0.25, -0.2) is 9.82 Å². The van der Waals surface area contributed by atoms with Gasteiger partial charge in [0.2, 0.25) is 0 Å². The molecule has 4 nitrogen and oxygen atoms in total. The van der Waals surface area contributed by atoms with Gasteiger partial charge >= 0.3 is 0 Å². The molecule has 0 aliphatic rings. The van der Waals surface area contributed by atoms with Gasteiger partial charge in [0.15, 0.2) is 0 Å². The van der Waals surface area contributed by atoms with Gasteiger partial charge in [-0.1, -0.05) is 27.5 Å². The molecule has 0 fully saturated rings. The first-order valence-electron chi connectivity index (χ1n) is 5.74. The molecule has 108 valence electrons. The number of phenolic OH excluding ortho intramolecular Hbond substituents is 1. The van der Waals surface area contributed by atoms with Crippen molar-refractivity contribution < 1.29 is 14.3 Å². The van der Waals surface area contributed by atoms with Gasteiger partial charge in [0.05, 0.1) is 11.8 Å². The van der Waals surface area contributed by atoms with Crippen LogP contribution >= 0.6 is 27.5 Å². The van der Waals surface area contributed by atoms with Crippen LogP contribution in [0.15, 0.2) is 46.0 Å². The number of amides is 1. The average Bonchev–Trinajstić information content (AvgIpc) is 2.42. The van der Waals surface area contributed by atoms with E-state index in [1.165, 1.54) is 24.4 Å². The fourth-order valence-electron chi connectivity index (χ4n) is 1.52. The molecule has 0 heterocycles. The van der Waals surface area contributed by atoms with E-state index >= 15 is 0 Å². The molecule has 2 N–H and O–H groups in total. The van der Waals surface area contributed by atoms with Gasteiger partial charge in [-0.15, -0.1) is 0 Å². The Balaban J connectivity index is 2.10. The number of hydrogen-bond donors (Lipinski definition) is 2. The van der Waals surface area contributed by atoms with Crippen LogP contribution in [0.4, 0.5) is 4.39 Å². The number of hydrogen-bond acceptors (Lipinski definition) is 3. The highest BCUT2D eigenvalue weighted by molar-refractivity contribution is 9.10. The summed E-state index contributed by atoms with van der Waals surface area (Å²) in [5.41, 5.74) is 2.41. The summed E-state index contributed by atoms with van der Waals surface area (Å²) in [6.07, 6.45) is 1.26. The van der Waals surface area contributed by atoms with Crippen LogP contribution in [0.1, 0.15) is 15.9 Å². The Morgan fingerprint density at radius 1 is 1.33 bits per heavy atom. The number of phenols is 1. The minimum atomic E-state index is -0.736. The normalized spacial score (nSPS) is 10.8. The summed E-state index contributed by atoms with van der Waals surface area (Å²) < 4.78 is 14.3. The van der Waals surface area contributed by atoms with Crippen LogP contribution in [-0.2, 0) is 0 Å². The Kier molecular flexibility index (Phi) is 4.93. The quantitative estimate of drug-likeness (QED) is 0.638. The lowest BCUT2D eigenvalue weighted by Crippen LogP contribution is -2.19. The number of benzene rings is 2. The Hall–Kier alpha value is -1.92. The van der Waals surface area contributed by atoms with E-state index in [9.17, 15) is 14.3 Å². The first-order chi connectivity index (χ1) is 9.97. The Morgan fingerprint density at radius 2 is 2.10 bits per heavy atom. The molecule has 2 rings (SSSR count). The van der Waals surface area contributed by atoms with E-state index in [4.69, 9.17) is 11.6 Å². The SMILES string of the molecule is O=C(NN=Cc1cc(Br)ccc1O)c1ccc(Cl)cc1F. The fourth-order valence-corrected chi connectivity index (χ4v) is 2.06. The summed E-state index contributed by atoms with van der Waals surface area (Å²) in [4.78, 5) is 11.7. The van der Waals surface area contributed by atoms with Crippen molar-refractivity contribution in [2.45, 2.75) is 0 Å². The Morgan fingerprint density at radius 3 is 2.81 bits per heavy atom. The zero-order valence-corrected chi connectivity index (χ0v) is 12.8. The number of halogens is 3. The summed E-state index contributed by atoms with van der Waals surface area (Å²) in [5, 5.41) is 13.5. The molecule has 0 unspecified atom stereocenters. The predicted molar refractivity (Wildman–Crippen MR) is 82.3 cm³/mol.